The Bertz CT molecular complexity index is 2190. The summed E-state index contributed by atoms with van der Waals surface area (Å²) in [5.74, 6) is 2.86. The summed E-state index contributed by atoms with van der Waals surface area (Å²) >= 11 is 0. The molecule has 50 heavy (non-hydrogen) atoms. The summed E-state index contributed by atoms with van der Waals surface area (Å²) in [4.78, 5) is 8.03. The van der Waals surface area contributed by atoms with Crippen molar-refractivity contribution < 1.29 is 4.74 Å². The first-order valence-electron chi connectivity index (χ1n) is 19.1. The molecule has 0 aromatic heterocycles. The van der Waals surface area contributed by atoms with Crippen LogP contribution in [0.5, 0.6) is 11.5 Å². The van der Waals surface area contributed by atoms with Gasteiger partial charge in [0.05, 0.1) is 5.69 Å². The lowest BCUT2D eigenvalue weighted by Crippen LogP contribution is -2.74. The molecule has 3 aliphatic carbocycles. The van der Waals surface area contributed by atoms with E-state index in [1.807, 2.05) is 0 Å². The van der Waals surface area contributed by atoms with Crippen molar-refractivity contribution in [2.24, 2.45) is 0 Å². The lowest BCUT2D eigenvalue weighted by Gasteiger charge is -2.56. The van der Waals surface area contributed by atoms with Crippen LogP contribution >= 0.6 is 0 Å². The molecule has 3 heterocycles. The van der Waals surface area contributed by atoms with Crippen LogP contribution in [0.4, 0.5) is 39.8 Å². The van der Waals surface area contributed by atoms with Gasteiger partial charge in [0.25, 0.3) is 0 Å². The third-order valence-corrected chi connectivity index (χ3v) is 17.5. The Morgan fingerprint density at radius 3 is 1.54 bits per heavy atom. The van der Waals surface area contributed by atoms with Gasteiger partial charge >= 0.3 is 0 Å². The molecule has 0 amide bonds. The fourth-order valence-corrected chi connectivity index (χ4v) is 14.6. The van der Waals surface area contributed by atoms with Gasteiger partial charge < -0.3 is 19.4 Å². The fraction of sp³-hybridized carbons (Fsp3) is 0.333. The van der Waals surface area contributed by atoms with Crippen LogP contribution in [-0.4, -0.2) is 20.2 Å². The first-order valence-corrected chi connectivity index (χ1v) is 21.6. The van der Waals surface area contributed by atoms with E-state index in [0.29, 0.717) is 18.0 Å². The molecule has 5 aromatic rings. The van der Waals surface area contributed by atoms with Gasteiger partial charge in [-0.05, 0) is 149 Å². The number of benzene rings is 5. The minimum Gasteiger partial charge on any atom is -0.457 e. The minimum atomic E-state index is -2.48. The van der Waals surface area contributed by atoms with Gasteiger partial charge in [-0.25, -0.2) is 0 Å². The van der Waals surface area contributed by atoms with Crippen molar-refractivity contribution in [1.29, 1.82) is 0 Å². The van der Waals surface area contributed by atoms with Gasteiger partial charge in [0.15, 0.2) is 8.07 Å². The summed E-state index contributed by atoms with van der Waals surface area (Å²) in [6, 6.07) is 34.2. The molecular formula is C45H45N3OSi. The molecule has 0 saturated heterocycles. The summed E-state index contributed by atoms with van der Waals surface area (Å²) in [6.45, 7) is 9.34. The topological polar surface area (TPSA) is 19.0 Å². The van der Waals surface area contributed by atoms with E-state index in [1.165, 1.54) is 124 Å². The van der Waals surface area contributed by atoms with Gasteiger partial charge in [-0.15, -0.1) is 0 Å². The van der Waals surface area contributed by atoms with Crippen molar-refractivity contribution in [1.82, 2.24) is 0 Å². The van der Waals surface area contributed by atoms with Crippen LogP contribution in [0.3, 0.4) is 0 Å². The molecule has 3 fully saturated rings. The van der Waals surface area contributed by atoms with Gasteiger partial charge in [0, 0.05) is 62.6 Å². The number of anilines is 7. The molecule has 0 spiro atoms. The standard InChI is InChI=1S/C45H45N3OSi/c1-27-11-17-34(18-12-27)46(35-19-13-28(2)14-20-35)36-25-40-45-42(26-36)49-41-24-31(30-15-16-30)23-39-44(41)50(45,4)43-37(47(39)32-7-5-8-32)21-29(3)22-38(43)48(40)33-9-6-10-33/h11-14,17-26,30,32-33H,5-10,15-16H2,1-4H3. The predicted molar refractivity (Wildman–Crippen MR) is 210 cm³/mol. The van der Waals surface area contributed by atoms with E-state index in [0.717, 1.165) is 11.5 Å². The summed E-state index contributed by atoms with van der Waals surface area (Å²) in [5.41, 5.74) is 14.7. The zero-order valence-corrected chi connectivity index (χ0v) is 30.7. The third-order valence-electron chi connectivity index (χ3n) is 12.9. The normalized spacial score (nSPS) is 21.3. The Morgan fingerprint density at radius 2 is 1.04 bits per heavy atom. The molecule has 0 radical (unpaired) electrons. The number of aryl methyl sites for hydroxylation is 3. The molecule has 1 unspecified atom stereocenters. The van der Waals surface area contributed by atoms with Crippen LogP contribution in [0.25, 0.3) is 0 Å². The lowest BCUT2D eigenvalue weighted by molar-refractivity contribution is 0.408. The smallest absolute Gasteiger partial charge is 0.165 e. The van der Waals surface area contributed by atoms with E-state index in [1.54, 1.807) is 5.19 Å². The van der Waals surface area contributed by atoms with E-state index in [9.17, 15) is 0 Å². The predicted octanol–water partition coefficient (Wildman–Crippen LogP) is 10.2. The maximum atomic E-state index is 7.37. The second-order valence-electron chi connectivity index (χ2n) is 16.3. The Balaban J connectivity index is 1.22. The van der Waals surface area contributed by atoms with E-state index in [4.69, 9.17) is 4.74 Å². The van der Waals surface area contributed by atoms with Crippen LogP contribution in [-0.2, 0) is 0 Å². The number of hydrogen-bond donors (Lipinski definition) is 0. The molecule has 4 nitrogen and oxygen atoms in total. The molecule has 0 bridgehead atoms. The molecule has 11 rings (SSSR count). The van der Waals surface area contributed by atoms with Crippen LogP contribution < -0.4 is 35.0 Å². The Kier molecular flexibility index (Phi) is 6.02. The van der Waals surface area contributed by atoms with Crippen molar-refractivity contribution >= 4 is 63.4 Å². The maximum absolute atomic E-state index is 7.37. The van der Waals surface area contributed by atoms with Gasteiger partial charge in [0.2, 0.25) is 0 Å². The Morgan fingerprint density at radius 1 is 0.540 bits per heavy atom. The van der Waals surface area contributed by atoms with Crippen molar-refractivity contribution in [2.75, 3.05) is 14.7 Å². The Labute approximate surface area is 297 Å². The molecule has 3 saturated carbocycles. The molecule has 3 aliphatic heterocycles. The average molecular weight is 672 g/mol. The molecule has 5 aromatic carbocycles. The van der Waals surface area contributed by atoms with Crippen LogP contribution in [0, 0.1) is 20.8 Å². The monoisotopic (exact) mass is 671 g/mol. The van der Waals surface area contributed by atoms with Crippen LogP contribution in [0.15, 0.2) is 84.9 Å². The summed E-state index contributed by atoms with van der Waals surface area (Å²) in [5, 5.41) is 4.64. The van der Waals surface area contributed by atoms with E-state index >= 15 is 0 Å². The summed E-state index contributed by atoms with van der Waals surface area (Å²) in [6.07, 6.45) is 10.2. The Hall–Kier alpha value is -4.48. The molecular weight excluding hydrogens is 627 g/mol. The third kappa shape index (κ3) is 3.98. The zero-order chi connectivity index (χ0) is 33.5. The van der Waals surface area contributed by atoms with Gasteiger partial charge in [-0.2, -0.15) is 0 Å². The van der Waals surface area contributed by atoms with Gasteiger partial charge in [0.1, 0.15) is 11.5 Å². The van der Waals surface area contributed by atoms with Gasteiger partial charge in [-0.3, -0.25) is 0 Å². The van der Waals surface area contributed by atoms with Gasteiger partial charge in [-0.1, -0.05) is 41.9 Å². The van der Waals surface area contributed by atoms with Crippen molar-refractivity contribution in [3.05, 3.63) is 107 Å². The second-order valence-corrected chi connectivity index (χ2v) is 20.1. The molecule has 1 atom stereocenters. The largest absolute Gasteiger partial charge is 0.457 e. The van der Waals surface area contributed by atoms with E-state index in [-0.39, 0.29) is 0 Å². The average Bonchev–Trinajstić information content (AvgIpc) is 3.90. The van der Waals surface area contributed by atoms with Crippen LogP contribution in [0.2, 0.25) is 6.55 Å². The first-order chi connectivity index (χ1) is 24.4. The fourth-order valence-electron chi connectivity index (χ4n) is 9.84. The number of rotatable bonds is 6. The van der Waals surface area contributed by atoms with E-state index in [2.05, 4.69) is 127 Å². The maximum Gasteiger partial charge on any atom is 0.165 e. The quantitative estimate of drug-likeness (QED) is 0.167. The summed E-state index contributed by atoms with van der Waals surface area (Å²) in [7, 11) is -2.48. The van der Waals surface area contributed by atoms with Crippen molar-refractivity contribution in [2.45, 2.75) is 96.7 Å². The first kappa shape index (κ1) is 29.3. The molecule has 250 valence electrons. The van der Waals surface area contributed by atoms with Crippen LogP contribution in [0.1, 0.15) is 79.5 Å². The van der Waals surface area contributed by atoms with Crippen molar-refractivity contribution in [3.8, 4) is 11.5 Å². The molecule has 6 aliphatic rings. The summed E-state index contributed by atoms with van der Waals surface area (Å²) < 4.78 is 7.37. The van der Waals surface area contributed by atoms with Crippen molar-refractivity contribution in [3.63, 3.8) is 0 Å². The number of nitrogens with zero attached hydrogens (tertiary/aromatic N) is 3. The number of hydrogen-bond acceptors (Lipinski definition) is 4. The second kappa shape index (κ2) is 10.3. The molecule has 0 N–H and O–H groups in total. The minimum absolute atomic E-state index is 0.503. The molecule has 5 heteroatoms. The zero-order valence-electron chi connectivity index (χ0n) is 29.7. The highest BCUT2D eigenvalue weighted by Crippen LogP contribution is 2.54. The van der Waals surface area contributed by atoms with E-state index < -0.39 is 8.07 Å². The highest BCUT2D eigenvalue weighted by molar-refractivity contribution is 7.15. The number of ether oxygens (including phenoxy) is 1. The SMILES string of the molecule is Cc1ccc(N(c2ccc(C)cc2)c2cc3c4c(c2)N(C2CCC2)c2cc(C)cc5c2[Si]4(C)c2c(cc(C4CC4)cc2N5C2CCC2)O3)cc1. The highest BCUT2D eigenvalue weighted by atomic mass is 28.3. The lowest BCUT2D eigenvalue weighted by atomic mass is 9.88. The highest BCUT2D eigenvalue weighted by Gasteiger charge is 2.57.